The quantitative estimate of drug-likeness (QED) is 0.806. The first-order valence-electron chi connectivity index (χ1n) is 8.48. The van der Waals surface area contributed by atoms with Crippen LogP contribution in [0.4, 0.5) is 5.13 Å². The first kappa shape index (κ1) is 17.2. The molecule has 0 unspecified atom stereocenters. The molecule has 1 fully saturated rings. The van der Waals surface area contributed by atoms with Crippen LogP contribution in [0, 0.1) is 6.92 Å². The molecule has 2 aromatic rings. The molecule has 1 aromatic carbocycles. The van der Waals surface area contributed by atoms with Crippen molar-refractivity contribution in [3.8, 4) is 5.75 Å². The van der Waals surface area contributed by atoms with Gasteiger partial charge in [-0.25, -0.2) is 4.98 Å². The molecule has 0 amide bonds. The second kappa shape index (κ2) is 8.46. The van der Waals surface area contributed by atoms with Gasteiger partial charge in [0.1, 0.15) is 12.4 Å². The molecule has 1 aromatic heterocycles. The highest BCUT2D eigenvalue weighted by atomic mass is 32.1. The lowest BCUT2D eigenvalue weighted by Crippen LogP contribution is -2.42. The molecule has 2 heterocycles. The molecule has 0 atom stereocenters. The summed E-state index contributed by atoms with van der Waals surface area (Å²) in [6.45, 7) is 5.31. The summed E-state index contributed by atoms with van der Waals surface area (Å²) in [7, 11) is 0. The minimum Gasteiger partial charge on any atom is -0.491 e. The lowest BCUT2D eigenvalue weighted by atomic mass is 10.0. The Morgan fingerprint density at radius 2 is 2.12 bits per heavy atom. The zero-order valence-electron chi connectivity index (χ0n) is 14.1. The summed E-state index contributed by atoms with van der Waals surface area (Å²) in [6, 6.07) is 8.54. The monoisotopic (exact) mass is 347 g/mol. The maximum absolute atomic E-state index is 8.92. The first-order chi connectivity index (χ1) is 11.8. The van der Waals surface area contributed by atoms with Gasteiger partial charge in [-0.05, 0) is 25.8 Å². The Hall–Kier alpha value is -1.63. The van der Waals surface area contributed by atoms with Crippen molar-refractivity contribution in [3.05, 3.63) is 40.9 Å². The SMILES string of the molecule is Cc1csc(N2CCC(NCc3ccccc3OCCO)CC2)n1. The van der Waals surface area contributed by atoms with Crippen molar-refractivity contribution in [2.24, 2.45) is 0 Å². The van der Waals surface area contributed by atoms with Crippen LogP contribution in [0.15, 0.2) is 29.6 Å². The number of hydrogen-bond acceptors (Lipinski definition) is 6. The molecule has 0 radical (unpaired) electrons. The smallest absolute Gasteiger partial charge is 0.185 e. The van der Waals surface area contributed by atoms with Gasteiger partial charge in [-0.15, -0.1) is 11.3 Å². The second-order valence-corrected chi connectivity index (χ2v) is 6.93. The lowest BCUT2D eigenvalue weighted by Gasteiger charge is -2.32. The highest BCUT2D eigenvalue weighted by molar-refractivity contribution is 7.13. The van der Waals surface area contributed by atoms with Crippen molar-refractivity contribution < 1.29 is 9.84 Å². The molecule has 0 bridgehead atoms. The summed E-state index contributed by atoms with van der Waals surface area (Å²) in [6.07, 6.45) is 2.25. The molecule has 3 rings (SSSR count). The zero-order chi connectivity index (χ0) is 16.8. The topological polar surface area (TPSA) is 57.6 Å². The number of rotatable bonds is 7. The van der Waals surface area contributed by atoms with Crippen LogP contribution in [0.3, 0.4) is 0 Å². The number of para-hydroxylation sites is 1. The fourth-order valence-corrected chi connectivity index (χ4v) is 3.82. The third-order valence-corrected chi connectivity index (χ3v) is 5.29. The fraction of sp³-hybridized carbons (Fsp3) is 0.500. The van der Waals surface area contributed by atoms with Crippen LogP contribution in [0.2, 0.25) is 0 Å². The molecular formula is C18H25N3O2S. The summed E-state index contributed by atoms with van der Waals surface area (Å²) in [4.78, 5) is 6.96. The summed E-state index contributed by atoms with van der Waals surface area (Å²) in [5.41, 5.74) is 2.25. The van der Waals surface area contributed by atoms with Gasteiger partial charge in [-0.1, -0.05) is 18.2 Å². The molecule has 1 aliphatic rings. The third-order valence-electron chi connectivity index (χ3n) is 4.28. The molecular weight excluding hydrogens is 322 g/mol. The van der Waals surface area contributed by atoms with E-state index in [4.69, 9.17) is 9.84 Å². The largest absolute Gasteiger partial charge is 0.491 e. The molecule has 0 saturated carbocycles. The average Bonchev–Trinajstić information content (AvgIpc) is 3.06. The molecule has 0 spiro atoms. The lowest BCUT2D eigenvalue weighted by molar-refractivity contribution is 0.200. The number of thiazole rings is 1. The van der Waals surface area contributed by atoms with E-state index < -0.39 is 0 Å². The Labute approximate surface area is 147 Å². The molecule has 5 nitrogen and oxygen atoms in total. The van der Waals surface area contributed by atoms with Crippen LogP contribution in [0.1, 0.15) is 24.1 Å². The van der Waals surface area contributed by atoms with Crippen molar-refractivity contribution in [3.63, 3.8) is 0 Å². The van der Waals surface area contributed by atoms with Gasteiger partial charge in [0.25, 0.3) is 0 Å². The Morgan fingerprint density at radius 3 is 2.83 bits per heavy atom. The van der Waals surface area contributed by atoms with E-state index in [9.17, 15) is 0 Å². The zero-order valence-corrected chi connectivity index (χ0v) is 14.9. The summed E-state index contributed by atoms with van der Waals surface area (Å²) in [5, 5.41) is 15.8. The number of aliphatic hydroxyl groups is 1. The Morgan fingerprint density at radius 1 is 1.33 bits per heavy atom. The molecule has 2 N–H and O–H groups in total. The minimum atomic E-state index is 0.0381. The second-order valence-electron chi connectivity index (χ2n) is 6.09. The fourth-order valence-electron chi connectivity index (χ4n) is 2.96. The molecule has 130 valence electrons. The first-order valence-corrected chi connectivity index (χ1v) is 9.36. The van der Waals surface area contributed by atoms with Gasteiger partial charge in [-0.2, -0.15) is 0 Å². The van der Waals surface area contributed by atoms with Crippen molar-refractivity contribution in [1.29, 1.82) is 0 Å². The van der Waals surface area contributed by atoms with Crippen LogP contribution >= 0.6 is 11.3 Å². The summed E-state index contributed by atoms with van der Waals surface area (Å²) < 4.78 is 5.60. The standard InChI is InChI=1S/C18H25N3O2S/c1-14-13-24-18(20-14)21-8-6-16(7-9-21)19-12-15-4-2-3-5-17(15)23-11-10-22/h2-5,13,16,19,22H,6-12H2,1H3. The molecule has 1 aliphatic heterocycles. The van der Waals surface area contributed by atoms with Gasteiger partial charge < -0.3 is 20.1 Å². The number of aromatic nitrogens is 1. The number of piperidine rings is 1. The van der Waals surface area contributed by atoms with E-state index in [1.807, 2.05) is 25.1 Å². The van der Waals surface area contributed by atoms with E-state index in [1.165, 1.54) is 0 Å². The molecule has 6 heteroatoms. The van der Waals surface area contributed by atoms with Gasteiger partial charge in [0.2, 0.25) is 0 Å². The number of nitrogens with zero attached hydrogens (tertiary/aromatic N) is 2. The van der Waals surface area contributed by atoms with E-state index in [1.54, 1.807) is 11.3 Å². The van der Waals surface area contributed by atoms with Gasteiger partial charge in [0.15, 0.2) is 5.13 Å². The molecule has 24 heavy (non-hydrogen) atoms. The normalized spacial score (nSPS) is 15.7. The number of nitrogens with one attached hydrogen (secondary N) is 1. The van der Waals surface area contributed by atoms with Crippen LogP contribution in [0.25, 0.3) is 0 Å². The van der Waals surface area contributed by atoms with Crippen LogP contribution < -0.4 is 15.0 Å². The highest BCUT2D eigenvalue weighted by Crippen LogP contribution is 2.24. The van der Waals surface area contributed by atoms with Crippen molar-refractivity contribution in [1.82, 2.24) is 10.3 Å². The maximum atomic E-state index is 8.92. The number of ether oxygens (including phenoxy) is 1. The van der Waals surface area contributed by atoms with Crippen LogP contribution in [0.5, 0.6) is 5.75 Å². The molecule has 0 aliphatic carbocycles. The number of hydrogen-bond donors (Lipinski definition) is 2. The van der Waals surface area contributed by atoms with E-state index in [0.717, 1.165) is 54.6 Å². The summed E-state index contributed by atoms with van der Waals surface area (Å²) in [5.74, 6) is 0.856. The van der Waals surface area contributed by atoms with Crippen LogP contribution in [-0.2, 0) is 6.54 Å². The minimum absolute atomic E-state index is 0.0381. The Kier molecular flexibility index (Phi) is 6.07. The number of anilines is 1. The maximum Gasteiger partial charge on any atom is 0.185 e. The number of aryl methyl sites for hydroxylation is 1. The Balaban J connectivity index is 1.48. The predicted molar refractivity (Wildman–Crippen MR) is 97.9 cm³/mol. The van der Waals surface area contributed by atoms with E-state index in [-0.39, 0.29) is 6.61 Å². The average molecular weight is 347 g/mol. The van der Waals surface area contributed by atoms with Gasteiger partial charge in [-0.3, -0.25) is 0 Å². The van der Waals surface area contributed by atoms with Crippen molar-refractivity contribution in [2.75, 3.05) is 31.2 Å². The highest BCUT2D eigenvalue weighted by Gasteiger charge is 2.20. The van der Waals surface area contributed by atoms with Crippen molar-refractivity contribution >= 4 is 16.5 Å². The van der Waals surface area contributed by atoms with Gasteiger partial charge in [0, 0.05) is 36.6 Å². The molecule has 1 saturated heterocycles. The van der Waals surface area contributed by atoms with Crippen LogP contribution in [-0.4, -0.2) is 42.4 Å². The van der Waals surface area contributed by atoms with Crippen molar-refractivity contribution in [2.45, 2.75) is 32.4 Å². The van der Waals surface area contributed by atoms with Gasteiger partial charge in [0.05, 0.1) is 12.3 Å². The van der Waals surface area contributed by atoms with Gasteiger partial charge >= 0.3 is 0 Å². The Bertz CT molecular complexity index is 639. The third kappa shape index (κ3) is 4.47. The number of benzene rings is 1. The number of aliphatic hydroxyl groups excluding tert-OH is 1. The van der Waals surface area contributed by atoms with E-state index in [2.05, 4.69) is 26.6 Å². The predicted octanol–water partition coefficient (Wildman–Crippen LogP) is 2.58. The summed E-state index contributed by atoms with van der Waals surface area (Å²) >= 11 is 1.73. The van der Waals surface area contributed by atoms with E-state index >= 15 is 0 Å². The van der Waals surface area contributed by atoms with E-state index in [0.29, 0.717) is 12.6 Å².